The van der Waals surface area contributed by atoms with Gasteiger partial charge in [-0.25, -0.2) is 8.42 Å². The van der Waals surface area contributed by atoms with Crippen LogP contribution in [-0.4, -0.2) is 45.5 Å². The monoisotopic (exact) mass is 303 g/mol. The third-order valence-electron chi connectivity index (χ3n) is 2.20. The molecular formula is C11H17N3O5S. The van der Waals surface area contributed by atoms with Gasteiger partial charge in [0.05, 0.1) is 12.4 Å². The number of rotatable bonds is 8. The van der Waals surface area contributed by atoms with Crippen LogP contribution < -0.4 is 15.2 Å². The van der Waals surface area contributed by atoms with E-state index in [1.807, 2.05) is 0 Å². The summed E-state index contributed by atoms with van der Waals surface area (Å²) in [6.45, 7) is 0.0612. The number of ether oxygens (including phenoxy) is 2. The highest BCUT2D eigenvalue weighted by Gasteiger charge is 2.09. The van der Waals surface area contributed by atoms with Crippen LogP contribution in [0.3, 0.4) is 0 Å². The second-order valence-corrected chi connectivity index (χ2v) is 5.66. The maximum Gasteiger partial charge on any atom is 0.234 e. The highest BCUT2D eigenvalue weighted by atomic mass is 32.2. The lowest BCUT2D eigenvalue weighted by Crippen LogP contribution is -2.21. The molecule has 0 bridgehead atoms. The SMILES string of the molecule is COCCS(=O)(=O)Nc1ccc(OCC(N)=NO)cc1. The average molecular weight is 303 g/mol. The lowest BCUT2D eigenvalue weighted by atomic mass is 10.3. The molecule has 0 saturated carbocycles. The summed E-state index contributed by atoms with van der Waals surface area (Å²) in [6.07, 6.45) is 0. The van der Waals surface area contributed by atoms with Crippen LogP contribution in [-0.2, 0) is 14.8 Å². The van der Waals surface area contributed by atoms with Gasteiger partial charge in [0.25, 0.3) is 0 Å². The van der Waals surface area contributed by atoms with Crippen molar-refractivity contribution in [3.63, 3.8) is 0 Å². The van der Waals surface area contributed by atoms with Crippen LogP contribution in [0.5, 0.6) is 5.75 Å². The van der Waals surface area contributed by atoms with Gasteiger partial charge in [-0.3, -0.25) is 4.72 Å². The minimum atomic E-state index is -3.43. The van der Waals surface area contributed by atoms with E-state index in [2.05, 4.69) is 9.88 Å². The zero-order chi connectivity index (χ0) is 15.0. The fraction of sp³-hybridized carbons (Fsp3) is 0.364. The number of methoxy groups -OCH3 is 1. The Morgan fingerprint density at radius 2 is 2.05 bits per heavy atom. The Morgan fingerprint density at radius 3 is 2.60 bits per heavy atom. The summed E-state index contributed by atoms with van der Waals surface area (Å²) in [4.78, 5) is 0. The van der Waals surface area contributed by atoms with Crippen LogP contribution in [0.4, 0.5) is 5.69 Å². The molecule has 0 unspecified atom stereocenters. The fourth-order valence-electron chi connectivity index (χ4n) is 1.23. The Balaban J connectivity index is 2.58. The van der Waals surface area contributed by atoms with E-state index in [0.29, 0.717) is 11.4 Å². The third kappa shape index (κ3) is 5.76. The van der Waals surface area contributed by atoms with E-state index >= 15 is 0 Å². The number of hydrogen-bond acceptors (Lipinski definition) is 6. The molecule has 1 rings (SSSR count). The molecule has 0 amide bonds. The second kappa shape index (κ2) is 7.56. The van der Waals surface area contributed by atoms with Crippen LogP contribution in [0.15, 0.2) is 29.4 Å². The Kier molecular flexibility index (Phi) is 6.07. The molecule has 4 N–H and O–H groups in total. The number of nitrogens with one attached hydrogen (secondary N) is 1. The number of nitrogens with two attached hydrogens (primary N) is 1. The zero-order valence-corrected chi connectivity index (χ0v) is 11.8. The lowest BCUT2D eigenvalue weighted by Gasteiger charge is -2.09. The number of nitrogens with zero attached hydrogens (tertiary/aromatic N) is 1. The van der Waals surface area contributed by atoms with Gasteiger partial charge in [0.15, 0.2) is 5.84 Å². The van der Waals surface area contributed by atoms with Gasteiger partial charge in [0, 0.05) is 12.8 Å². The number of amidine groups is 1. The summed E-state index contributed by atoms with van der Waals surface area (Å²) in [6, 6.07) is 6.23. The van der Waals surface area contributed by atoms with Gasteiger partial charge in [0.1, 0.15) is 12.4 Å². The molecule has 0 aliphatic rings. The van der Waals surface area contributed by atoms with Gasteiger partial charge < -0.3 is 20.4 Å². The first-order valence-electron chi connectivity index (χ1n) is 5.65. The Labute approximate surface area is 117 Å². The van der Waals surface area contributed by atoms with Crippen molar-refractivity contribution in [1.82, 2.24) is 0 Å². The molecule has 1 aromatic carbocycles. The van der Waals surface area contributed by atoms with Crippen LogP contribution in [0.2, 0.25) is 0 Å². The summed E-state index contributed by atoms with van der Waals surface area (Å²) in [5.74, 6) is 0.288. The molecule has 0 aromatic heterocycles. The molecule has 0 atom stereocenters. The number of sulfonamides is 1. The van der Waals surface area contributed by atoms with E-state index in [1.54, 1.807) is 24.3 Å². The molecular weight excluding hydrogens is 286 g/mol. The number of anilines is 1. The first-order chi connectivity index (χ1) is 9.46. The Bertz CT molecular complexity index is 542. The predicted octanol–water partition coefficient (Wildman–Crippen LogP) is 0.200. The maximum absolute atomic E-state index is 11.6. The van der Waals surface area contributed by atoms with Crippen molar-refractivity contribution in [2.75, 3.05) is 30.8 Å². The third-order valence-corrected chi connectivity index (χ3v) is 3.45. The van der Waals surface area contributed by atoms with Gasteiger partial charge in [-0.05, 0) is 24.3 Å². The molecule has 8 nitrogen and oxygen atoms in total. The molecule has 0 radical (unpaired) electrons. The van der Waals surface area contributed by atoms with Crippen molar-refractivity contribution >= 4 is 21.5 Å². The maximum atomic E-state index is 11.6. The highest BCUT2D eigenvalue weighted by molar-refractivity contribution is 7.92. The van der Waals surface area contributed by atoms with Crippen molar-refractivity contribution < 1.29 is 23.1 Å². The largest absolute Gasteiger partial charge is 0.486 e. The molecule has 112 valence electrons. The first-order valence-corrected chi connectivity index (χ1v) is 7.31. The van der Waals surface area contributed by atoms with E-state index in [-0.39, 0.29) is 24.8 Å². The standard InChI is InChI=1S/C11H17N3O5S/c1-18-6-7-20(16,17)14-9-2-4-10(5-3-9)19-8-11(12)13-15/h2-5,14-15H,6-8H2,1H3,(H2,12,13). The van der Waals surface area contributed by atoms with Crippen LogP contribution >= 0.6 is 0 Å². The average Bonchev–Trinajstić information content (AvgIpc) is 2.43. The Hall–Kier alpha value is -2.00. The summed E-state index contributed by atoms with van der Waals surface area (Å²) in [5, 5.41) is 11.1. The summed E-state index contributed by atoms with van der Waals surface area (Å²) in [5.41, 5.74) is 5.67. The van der Waals surface area contributed by atoms with E-state index in [1.165, 1.54) is 7.11 Å². The van der Waals surface area contributed by atoms with Crippen LogP contribution in [0, 0.1) is 0 Å². The van der Waals surface area contributed by atoms with E-state index in [0.717, 1.165) is 0 Å². The predicted molar refractivity (Wildman–Crippen MR) is 74.6 cm³/mol. The van der Waals surface area contributed by atoms with Crippen LogP contribution in [0.1, 0.15) is 0 Å². The molecule has 0 fully saturated rings. The van der Waals surface area contributed by atoms with Crippen molar-refractivity contribution in [2.45, 2.75) is 0 Å². The van der Waals surface area contributed by atoms with E-state index in [4.69, 9.17) is 20.4 Å². The van der Waals surface area contributed by atoms with Crippen molar-refractivity contribution in [3.05, 3.63) is 24.3 Å². The topological polar surface area (TPSA) is 123 Å². The Morgan fingerprint density at radius 1 is 1.40 bits per heavy atom. The molecule has 0 aliphatic heterocycles. The lowest BCUT2D eigenvalue weighted by molar-refractivity contribution is 0.217. The molecule has 20 heavy (non-hydrogen) atoms. The van der Waals surface area contributed by atoms with E-state index in [9.17, 15) is 8.42 Å². The van der Waals surface area contributed by atoms with E-state index < -0.39 is 10.0 Å². The smallest absolute Gasteiger partial charge is 0.234 e. The minimum Gasteiger partial charge on any atom is -0.486 e. The van der Waals surface area contributed by atoms with Gasteiger partial charge in [-0.1, -0.05) is 5.16 Å². The molecule has 9 heteroatoms. The number of benzene rings is 1. The fourth-order valence-corrected chi connectivity index (χ4v) is 2.21. The molecule has 0 aliphatic carbocycles. The summed E-state index contributed by atoms with van der Waals surface area (Å²) < 4.78 is 35.5. The normalized spacial score (nSPS) is 12.2. The molecule has 0 heterocycles. The summed E-state index contributed by atoms with van der Waals surface area (Å²) >= 11 is 0. The van der Waals surface area contributed by atoms with Gasteiger partial charge in [-0.2, -0.15) is 0 Å². The van der Waals surface area contributed by atoms with Gasteiger partial charge in [-0.15, -0.1) is 0 Å². The number of hydrogen-bond donors (Lipinski definition) is 3. The molecule has 1 aromatic rings. The molecule has 0 saturated heterocycles. The second-order valence-electron chi connectivity index (χ2n) is 3.82. The summed E-state index contributed by atoms with van der Waals surface area (Å²) in [7, 11) is -1.99. The molecule has 0 spiro atoms. The quantitative estimate of drug-likeness (QED) is 0.273. The van der Waals surface area contributed by atoms with Crippen molar-refractivity contribution in [3.8, 4) is 5.75 Å². The highest BCUT2D eigenvalue weighted by Crippen LogP contribution is 2.16. The van der Waals surface area contributed by atoms with Crippen molar-refractivity contribution in [1.29, 1.82) is 0 Å². The minimum absolute atomic E-state index is 0.0601. The van der Waals surface area contributed by atoms with Gasteiger partial charge in [0.2, 0.25) is 10.0 Å². The number of oxime groups is 1. The van der Waals surface area contributed by atoms with Crippen LogP contribution in [0.25, 0.3) is 0 Å². The van der Waals surface area contributed by atoms with Crippen molar-refractivity contribution in [2.24, 2.45) is 10.9 Å². The zero-order valence-electron chi connectivity index (χ0n) is 10.9. The first kappa shape index (κ1) is 16.1. The van der Waals surface area contributed by atoms with Gasteiger partial charge >= 0.3 is 0 Å².